The fraction of sp³-hybridized carbons (Fsp3) is 0.0182. The number of aryl methyl sites for hydroxylation is 1. The van der Waals surface area contributed by atoms with E-state index in [9.17, 15) is 0 Å². The second-order valence-corrected chi connectivity index (χ2v) is 15.8. The summed E-state index contributed by atoms with van der Waals surface area (Å²) in [4.78, 5) is 0. The first-order valence-corrected chi connectivity index (χ1v) is 20.4. The summed E-state index contributed by atoms with van der Waals surface area (Å²) in [5.74, 6) is 0. The molecule has 13 rings (SSSR count). The third-order valence-corrected chi connectivity index (χ3v) is 12.6. The zero-order valence-electron chi connectivity index (χ0n) is 32.3. The molecule has 0 N–H and O–H groups in total. The SMILES string of the molecule is Cc1ccc(-n2c3ccccc3c3cc4c5ccccc5n(-c5ccc(-n6c7ccccc7c7ccc8c9ccccc9n(-c9ccccc9)c8c76)cc5)c4cc32)cc1. The summed E-state index contributed by atoms with van der Waals surface area (Å²) in [6.07, 6.45) is 0. The van der Waals surface area contributed by atoms with Crippen molar-refractivity contribution >= 4 is 87.2 Å². The van der Waals surface area contributed by atoms with E-state index in [0.717, 1.165) is 17.1 Å². The smallest absolute Gasteiger partial charge is 0.0788 e. The molecule has 0 aliphatic carbocycles. The Balaban J connectivity index is 1.07. The first-order chi connectivity index (χ1) is 29.2. The molecule has 0 unspecified atom stereocenters. The maximum atomic E-state index is 2.48. The summed E-state index contributed by atoms with van der Waals surface area (Å²) in [6.45, 7) is 2.15. The molecule has 4 heterocycles. The molecule has 0 fully saturated rings. The predicted molar refractivity (Wildman–Crippen MR) is 249 cm³/mol. The summed E-state index contributed by atoms with van der Waals surface area (Å²) in [6, 6.07) is 73.6. The van der Waals surface area contributed by atoms with Crippen LogP contribution in [0.15, 0.2) is 200 Å². The number of benzene rings is 9. The summed E-state index contributed by atoms with van der Waals surface area (Å²) in [5, 5.41) is 10.0. The Morgan fingerprint density at radius 2 is 0.576 bits per heavy atom. The molecule has 13 aromatic rings. The van der Waals surface area contributed by atoms with E-state index >= 15 is 0 Å². The zero-order chi connectivity index (χ0) is 38.8. The van der Waals surface area contributed by atoms with E-state index in [4.69, 9.17) is 0 Å². The van der Waals surface area contributed by atoms with Crippen LogP contribution in [0.25, 0.3) is 110 Å². The highest BCUT2D eigenvalue weighted by molar-refractivity contribution is 6.24. The van der Waals surface area contributed by atoms with Crippen LogP contribution >= 0.6 is 0 Å². The van der Waals surface area contributed by atoms with Crippen LogP contribution in [0.3, 0.4) is 0 Å². The third-order valence-electron chi connectivity index (χ3n) is 12.6. The summed E-state index contributed by atoms with van der Waals surface area (Å²) < 4.78 is 9.80. The minimum absolute atomic E-state index is 1.12. The molecular weight excluding hydrogens is 717 g/mol. The Kier molecular flexibility index (Phi) is 6.62. The van der Waals surface area contributed by atoms with Crippen LogP contribution < -0.4 is 0 Å². The van der Waals surface area contributed by atoms with Crippen molar-refractivity contribution in [2.24, 2.45) is 0 Å². The van der Waals surface area contributed by atoms with Crippen LogP contribution in [0, 0.1) is 6.92 Å². The number of hydrogen-bond donors (Lipinski definition) is 0. The Labute approximate surface area is 339 Å². The molecule has 4 aromatic heterocycles. The van der Waals surface area contributed by atoms with Crippen LogP contribution in [0.1, 0.15) is 5.56 Å². The zero-order valence-corrected chi connectivity index (χ0v) is 32.3. The first-order valence-electron chi connectivity index (χ1n) is 20.4. The van der Waals surface area contributed by atoms with E-state index in [2.05, 4.69) is 225 Å². The van der Waals surface area contributed by atoms with Gasteiger partial charge in [-0.3, -0.25) is 0 Å². The van der Waals surface area contributed by atoms with E-state index in [1.54, 1.807) is 0 Å². The quantitative estimate of drug-likeness (QED) is 0.171. The largest absolute Gasteiger partial charge is 0.309 e. The van der Waals surface area contributed by atoms with Crippen molar-refractivity contribution in [1.82, 2.24) is 18.3 Å². The summed E-state index contributed by atoms with van der Waals surface area (Å²) in [7, 11) is 0. The van der Waals surface area contributed by atoms with Crippen LogP contribution in [0.2, 0.25) is 0 Å². The number of para-hydroxylation sites is 5. The van der Waals surface area contributed by atoms with E-state index in [1.807, 2.05) is 0 Å². The van der Waals surface area contributed by atoms with Gasteiger partial charge in [0.05, 0.1) is 44.1 Å². The number of aromatic nitrogens is 4. The van der Waals surface area contributed by atoms with Crippen molar-refractivity contribution in [3.8, 4) is 22.7 Å². The minimum Gasteiger partial charge on any atom is -0.309 e. The molecule has 0 bridgehead atoms. The van der Waals surface area contributed by atoms with E-state index in [-0.39, 0.29) is 0 Å². The van der Waals surface area contributed by atoms with Gasteiger partial charge in [0.2, 0.25) is 0 Å². The second kappa shape index (κ2) is 12.1. The Bertz CT molecular complexity index is 3820. The third kappa shape index (κ3) is 4.48. The lowest BCUT2D eigenvalue weighted by Crippen LogP contribution is -2.00. The molecule has 0 amide bonds. The first kappa shape index (κ1) is 32.3. The fourth-order valence-corrected chi connectivity index (χ4v) is 10.0. The number of rotatable bonds is 4. The average Bonchev–Trinajstić information content (AvgIpc) is 4.01. The molecule has 59 heavy (non-hydrogen) atoms. The van der Waals surface area contributed by atoms with Gasteiger partial charge in [0.25, 0.3) is 0 Å². The topological polar surface area (TPSA) is 19.7 Å². The average molecular weight is 753 g/mol. The minimum atomic E-state index is 1.12. The van der Waals surface area contributed by atoms with E-state index < -0.39 is 0 Å². The number of nitrogens with zero attached hydrogens (tertiary/aromatic N) is 4. The molecule has 4 heteroatoms. The highest BCUT2D eigenvalue weighted by atomic mass is 15.1. The van der Waals surface area contributed by atoms with E-state index in [0.29, 0.717) is 0 Å². The number of hydrogen-bond acceptors (Lipinski definition) is 0. The van der Waals surface area contributed by atoms with Crippen molar-refractivity contribution < 1.29 is 0 Å². The molecule has 0 radical (unpaired) electrons. The van der Waals surface area contributed by atoms with Gasteiger partial charge in [-0.25, -0.2) is 0 Å². The molecule has 0 aliphatic rings. The Morgan fingerprint density at radius 3 is 1.03 bits per heavy atom. The molecule has 0 saturated heterocycles. The van der Waals surface area contributed by atoms with Gasteiger partial charge >= 0.3 is 0 Å². The van der Waals surface area contributed by atoms with Crippen molar-refractivity contribution in [1.29, 1.82) is 0 Å². The lowest BCUT2D eigenvalue weighted by molar-refractivity contribution is 1.13. The van der Waals surface area contributed by atoms with Gasteiger partial charge in [-0.15, -0.1) is 0 Å². The van der Waals surface area contributed by atoms with Gasteiger partial charge in [0.15, 0.2) is 0 Å². The van der Waals surface area contributed by atoms with E-state index in [1.165, 1.54) is 98.5 Å². The predicted octanol–water partition coefficient (Wildman–Crippen LogP) is 14.4. The van der Waals surface area contributed by atoms with Crippen LogP contribution in [-0.2, 0) is 0 Å². The lowest BCUT2D eigenvalue weighted by atomic mass is 10.1. The van der Waals surface area contributed by atoms with Crippen molar-refractivity contribution in [2.45, 2.75) is 6.92 Å². The normalized spacial score (nSPS) is 12.2. The van der Waals surface area contributed by atoms with Gasteiger partial charge in [0, 0.05) is 65.8 Å². The fourth-order valence-electron chi connectivity index (χ4n) is 10.0. The van der Waals surface area contributed by atoms with Crippen LogP contribution in [0.4, 0.5) is 0 Å². The summed E-state index contributed by atoms with van der Waals surface area (Å²) >= 11 is 0. The van der Waals surface area contributed by atoms with Gasteiger partial charge < -0.3 is 18.3 Å². The molecule has 0 spiro atoms. The standard InChI is InChI=1S/C55H36N4/c1-35-23-25-37(26-24-35)56-48-19-9-7-17-42(48)46-33-47-43-18-8-10-20-49(43)57(53(47)34-52(46)56)38-27-29-39(30-28-38)59-51-22-12-6-16-41(51)45-32-31-44-40-15-5-11-21-50(40)58(54(44)55(45)59)36-13-3-2-4-14-36/h2-34H,1H3. The van der Waals surface area contributed by atoms with Crippen LogP contribution in [-0.4, -0.2) is 18.3 Å². The number of fused-ring (bicyclic) bond motifs is 13. The maximum absolute atomic E-state index is 2.48. The Hall–Kier alpha value is -7.82. The molecule has 0 atom stereocenters. The molecular formula is C55H36N4. The molecule has 4 nitrogen and oxygen atoms in total. The highest BCUT2D eigenvalue weighted by Gasteiger charge is 2.22. The molecule has 9 aromatic carbocycles. The lowest BCUT2D eigenvalue weighted by Gasteiger charge is -2.14. The molecule has 276 valence electrons. The van der Waals surface area contributed by atoms with Crippen molar-refractivity contribution in [2.75, 3.05) is 0 Å². The second-order valence-electron chi connectivity index (χ2n) is 15.8. The molecule has 0 aliphatic heterocycles. The summed E-state index contributed by atoms with van der Waals surface area (Å²) in [5.41, 5.74) is 15.4. The van der Waals surface area contributed by atoms with Crippen LogP contribution in [0.5, 0.6) is 0 Å². The van der Waals surface area contributed by atoms with Gasteiger partial charge in [-0.1, -0.05) is 121 Å². The maximum Gasteiger partial charge on any atom is 0.0788 e. The van der Waals surface area contributed by atoms with Crippen molar-refractivity contribution in [3.05, 3.63) is 206 Å². The van der Waals surface area contributed by atoms with Gasteiger partial charge in [0.1, 0.15) is 0 Å². The Morgan fingerprint density at radius 1 is 0.237 bits per heavy atom. The van der Waals surface area contributed by atoms with Crippen molar-refractivity contribution in [3.63, 3.8) is 0 Å². The van der Waals surface area contributed by atoms with Gasteiger partial charge in [-0.2, -0.15) is 0 Å². The monoisotopic (exact) mass is 752 g/mol. The molecule has 0 saturated carbocycles. The van der Waals surface area contributed by atoms with Gasteiger partial charge in [-0.05, 0) is 91.9 Å². The highest BCUT2D eigenvalue weighted by Crippen LogP contribution is 2.43.